The number of amides is 1. The fraction of sp³-hybridized carbons (Fsp3) is 0.643. The van der Waals surface area contributed by atoms with Crippen molar-refractivity contribution in [2.45, 2.75) is 31.8 Å². The van der Waals surface area contributed by atoms with Crippen LogP contribution in [0.5, 0.6) is 0 Å². The van der Waals surface area contributed by atoms with Gasteiger partial charge in [0.15, 0.2) is 0 Å². The van der Waals surface area contributed by atoms with Crippen LogP contribution in [0.1, 0.15) is 23.4 Å². The number of aliphatic imine (C=N–C) groups is 1. The quantitative estimate of drug-likeness (QED) is 0.879. The van der Waals surface area contributed by atoms with Gasteiger partial charge in [0.25, 0.3) is 5.91 Å². The number of carbonyl (C=O) groups excluding carboxylic acids is 1. The number of aromatic nitrogens is 1. The summed E-state index contributed by atoms with van der Waals surface area (Å²) in [7, 11) is 3.81. The molecule has 2 aliphatic heterocycles. The Hall–Kier alpha value is -1.47. The summed E-state index contributed by atoms with van der Waals surface area (Å²) in [4.78, 5) is 26.8. The van der Waals surface area contributed by atoms with Gasteiger partial charge in [-0.2, -0.15) is 0 Å². The Morgan fingerprint density at radius 2 is 2.14 bits per heavy atom. The number of thiazole rings is 1. The van der Waals surface area contributed by atoms with E-state index in [-0.39, 0.29) is 5.91 Å². The first-order valence-electron chi connectivity index (χ1n) is 7.20. The van der Waals surface area contributed by atoms with Gasteiger partial charge >= 0.3 is 0 Å². The molecule has 1 aromatic heterocycles. The molecule has 114 valence electrons. The molecule has 0 aliphatic carbocycles. The Kier molecular flexibility index (Phi) is 3.71. The van der Waals surface area contributed by atoms with Crippen LogP contribution in [0, 0.1) is 6.92 Å². The molecule has 0 radical (unpaired) electrons. The Morgan fingerprint density at radius 1 is 1.43 bits per heavy atom. The highest BCUT2D eigenvalue weighted by Gasteiger charge is 2.46. The molecular formula is C14H21N5OS. The molecule has 1 saturated heterocycles. The number of hydrogen-bond donors (Lipinski definition) is 1. The number of rotatable bonds is 2. The zero-order valence-corrected chi connectivity index (χ0v) is 13.5. The van der Waals surface area contributed by atoms with Gasteiger partial charge in [-0.05, 0) is 19.8 Å². The number of guanidine groups is 1. The monoisotopic (exact) mass is 307 g/mol. The van der Waals surface area contributed by atoms with Crippen molar-refractivity contribution in [2.75, 3.05) is 27.2 Å². The van der Waals surface area contributed by atoms with Crippen molar-refractivity contribution in [1.29, 1.82) is 0 Å². The van der Waals surface area contributed by atoms with Crippen molar-refractivity contribution in [3.05, 3.63) is 16.1 Å². The van der Waals surface area contributed by atoms with Gasteiger partial charge in [-0.25, -0.2) is 9.98 Å². The number of likely N-dealkylation sites (tertiary alicyclic amines) is 1. The number of carbonyl (C=O) groups is 1. The van der Waals surface area contributed by atoms with E-state index in [0.717, 1.165) is 38.2 Å². The van der Waals surface area contributed by atoms with E-state index < -0.39 is 5.54 Å². The average molecular weight is 307 g/mol. The number of aryl methyl sites for hydroxylation is 1. The minimum absolute atomic E-state index is 0.0554. The summed E-state index contributed by atoms with van der Waals surface area (Å²) in [5.41, 5.74) is 2.47. The maximum Gasteiger partial charge on any atom is 0.254 e. The van der Waals surface area contributed by atoms with Gasteiger partial charge in [0, 0.05) is 38.6 Å². The van der Waals surface area contributed by atoms with E-state index >= 15 is 0 Å². The largest absolute Gasteiger partial charge is 0.349 e. The molecule has 1 amide bonds. The second kappa shape index (κ2) is 5.38. The molecule has 0 aromatic carbocycles. The third kappa shape index (κ3) is 2.67. The number of nitrogens with zero attached hydrogens (tertiary/aromatic N) is 4. The van der Waals surface area contributed by atoms with E-state index in [0.29, 0.717) is 5.96 Å². The van der Waals surface area contributed by atoms with Gasteiger partial charge in [0.1, 0.15) is 5.54 Å². The van der Waals surface area contributed by atoms with E-state index in [1.807, 2.05) is 24.5 Å². The molecule has 1 N–H and O–H groups in total. The van der Waals surface area contributed by atoms with Crippen LogP contribution in [0.2, 0.25) is 0 Å². The number of piperidine rings is 1. The molecule has 7 heteroatoms. The second-order valence-corrected chi connectivity index (χ2v) is 6.89. The molecule has 0 bridgehead atoms. The average Bonchev–Trinajstić information content (AvgIpc) is 2.99. The lowest BCUT2D eigenvalue weighted by molar-refractivity contribution is -0.125. The summed E-state index contributed by atoms with van der Waals surface area (Å²) >= 11 is 1.71. The number of hydrogen-bond acceptors (Lipinski definition) is 6. The smallest absolute Gasteiger partial charge is 0.254 e. The molecule has 2 aliphatic rings. The summed E-state index contributed by atoms with van der Waals surface area (Å²) < 4.78 is 0. The van der Waals surface area contributed by atoms with Crippen LogP contribution in [-0.2, 0) is 11.3 Å². The molecule has 1 aromatic rings. The number of nitrogens with one attached hydrogen (secondary N) is 1. The molecule has 0 saturated carbocycles. The summed E-state index contributed by atoms with van der Waals surface area (Å²) in [5.74, 6) is 0.742. The van der Waals surface area contributed by atoms with Crippen LogP contribution >= 0.6 is 11.3 Å². The van der Waals surface area contributed by atoms with Crippen LogP contribution in [0.25, 0.3) is 0 Å². The molecule has 6 nitrogen and oxygen atoms in total. The highest BCUT2D eigenvalue weighted by molar-refractivity contribution is 7.09. The fourth-order valence-electron chi connectivity index (χ4n) is 2.81. The molecule has 1 fully saturated rings. The third-order valence-electron chi connectivity index (χ3n) is 4.29. The molecule has 21 heavy (non-hydrogen) atoms. The second-order valence-electron chi connectivity index (χ2n) is 5.95. The first kappa shape index (κ1) is 14.5. The Bertz CT molecular complexity index is 572. The van der Waals surface area contributed by atoms with Gasteiger partial charge in [-0.1, -0.05) is 0 Å². The molecular weight excluding hydrogens is 286 g/mol. The lowest BCUT2D eigenvalue weighted by atomic mass is 9.88. The summed E-state index contributed by atoms with van der Waals surface area (Å²) in [6.45, 7) is 4.78. The van der Waals surface area contributed by atoms with Gasteiger partial charge in [-0.3, -0.25) is 15.0 Å². The first-order valence-corrected chi connectivity index (χ1v) is 8.08. The van der Waals surface area contributed by atoms with E-state index in [2.05, 4.69) is 27.1 Å². The SMILES string of the molecule is Cc1ncsc1CN1CCC2(CC1)N=C(N(C)C)NC2=O. The topological polar surface area (TPSA) is 60.8 Å². The van der Waals surface area contributed by atoms with Crippen LogP contribution in [-0.4, -0.2) is 59.4 Å². The van der Waals surface area contributed by atoms with E-state index in [4.69, 9.17) is 0 Å². The maximum atomic E-state index is 12.3. The minimum atomic E-state index is -0.543. The van der Waals surface area contributed by atoms with Gasteiger partial charge in [0.05, 0.1) is 11.2 Å². The van der Waals surface area contributed by atoms with Gasteiger partial charge in [-0.15, -0.1) is 11.3 Å². The molecule has 3 heterocycles. The van der Waals surface area contributed by atoms with Crippen LogP contribution in [0.3, 0.4) is 0 Å². The molecule has 3 rings (SSSR count). The third-order valence-corrected chi connectivity index (χ3v) is 5.21. The Labute approximate surface area is 128 Å². The van der Waals surface area contributed by atoms with Gasteiger partial charge < -0.3 is 4.90 Å². The summed E-state index contributed by atoms with van der Waals surface area (Å²) in [5, 5.41) is 2.89. The lowest BCUT2D eigenvalue weighted by Crippen LogP contribution is -2.49. The van der Waals surface area contributed by atoms with Crippen molar-refractivity contribution < 1.29 is 4.79 Å². The Balaban J connectivity index is 1.65. The molecule has 0 atom stereocenters. The predicted octanol–water partition coefficient (Wildman–Crippen LogP) is 0.834. The normalized spacial score (nSPS) is 21.5. The summed E-state index contributed by atoms with van der Waals surface area (Å²) in [6, 6.07) is 0. The fourth-order valence-corrected chi connectivity index (χ4v) is 3.63. The van der Waals surface area contributed by atoms with Crippen molar-refractivity contribution in [3.8, 4) is 0 Å². The van der Waals surface area contributed by atoms with Crippen molar-refractivity contribution in [3.63, 3.8) is 0 Å². The standard InChI is InChI=1S/C14H21N5OS/c1-10-11(21-9-15-10)8-19-6-4-14(5-7-19)12(20)16-13(17-14)18(2)3/h9H,4-8H2,1-3H3,(H,16,17,20). The highest BCUT2D eigenvalue weighted by atomic mass is 32.1. The van der Waals surface area contributed by atoms with Crippen LogP contribution in [0.4, 0.5) is 0 Å². The van der Waals surface area contributed by atoms with E-state index in [1.165, 1.54) is 4.88 Å². The van der Waals surface area contributed by atoms with Crippen LogP contribution in [0.15, 0.2) is 10.5 Å². The molecule has 1 spiro atoms. The van der Waals surface area contributed by atoms with Crippen molar-refractivity contribution in [1.82, 2.24) is 20.1 Å². The maximum absolute atomic E-state index is 12.3. The van der Waals surface area contributed by atoms with E-state index in [1.54, 1.807) is 11.3 Å². The van der Waals surface area contributed by atoms with E-state index in [9.17, 15) is 4.79 Å². The van der Waals surface area contributed by atoms with Crippen molar-refractivity contribution >= 4 is 23.2 Å². The van der Waals surface area contributed by atoms with Gasteiger partial charge in [0.2, 0.25) is 5.96 Å². The predicted molar refractivity (Wildman–Crippen MR) is 83.4 cm³/mol. The zero-order valence-electron chi connectivity index (χ0n) is 12.7. The van der Waals surface area contributed by atoms with Crippen molar-refractivity contribution in [2.24, 2.45) is 4.99 Å². The molecule has 0 unspecified atom stereocenters. The Morgan fingerprint density at radius 3 is 2.67 bits per heavy atom. The first-order chi connectivity index (χ1) is 10.00. The lowest BCUT2D eigenvalue weighted by Gasteiger charge is -2.35. The summed E-state index contributed by atoms with van der Waals surface area (Å²) in [6.07, 6.45) is 1.57. The highest BCUT2D eigenvalue weighted by Crippen LogP contribution is 2.31. The zero-order chi connectivity index (χ0) is 15.0. The minimum Gasteiger partial charge on any atom is -0.349 e. The van der Waals surface area contributed by atoms with Crippen LogP contribution < -0.4 is 5.32 Å².